The number of anilines is 2. The maximum Gasteiger partial charge on any atom is 0.251 e. The van der Waals surface area contributed by atoms with Crippen LogP contribution in [-0.2, 0) is 11.3 Å². The fourth-order valence-corrected chi connectivity index (χ4v) is 2.65. The molecule has 0 bridgehead atoms. The Morgan fingerprint density at radius 1 is 0.966 bits per heavy atom. The number of hydrogen-bond acceptors (Lipinski definition) is 5. The van der Waals surface area contributed by atoms with Gasteiger partial charge in [0.1, 0.15) is 5.76 Å². The molecule has 0 saturated carbocycles. The molecule has 1 heterocycles. The quantitative estimate of drug-likeness (QED) is 0.468. The molecule has 0 aliphatic carbocycles. The molecular weight excluding hydrogens is 372 g/mol. The molecular formula is C21H20N4O4. The molecule has 3 rings (SSSR count). The second-order valence-electron chi connectivity index (χ2n) is 6.15. The summed E-state index contributed by atoms with van der Waals surface area (Å²) in [7, 11) is 0. The summed E-state index contributed by atoms with van der Waals surface area (Å²) in [5, 5.41) is 8.34. The van der Waals surface area contributed by atoms with Crippen molar-refractivity contribution in [1.82, 2.24) is 5.32 Å². The van der Waals surface area contributed by atoms with Crippen LogP contribution in [-0.4, -0.2) is 24.3 Å². The largest absolute Gasteiger partial charge is 0.467 e. The minimum Gasteiger partial charge on any atom is -0.467 e. The molecule has 3 aromatic rings. The van der Waals surface area contributed by atoms with Crippen molar-refractivity contribution in [1.29, 1.82) is 0 Å². The average Bonchev–Trinajstić information content (AvgIpc) is 3.24. The molecule has 0 atom stereocenters. The predicted octanol–water partition coefficient (Wildman–Crippen LogP) is 2.36. The van der Waals surface area contributed by atoms with Crippen LogP contribution in [0.4, 0.5) is 11.4 Å². The van der Waals surface area contributed by atoms with E-state index < -0.39 is 5.91 Å². The summed E-state index contributed by atoms with van der Waals surface area (Å²) in [6, 6.07) is 16.7. The number of primary amides is 1. The number of carbonyl (C=O) groups is 3. The van der Waals surface area contributed by atoms with Crippen molar-refractivity contribution in [2.24, 2.45) is 5.73 Å². The number of furan rings is 1. The van der Waals surface area contributed by atoms with Crippen molar-refractivity contribution in [3.05, 3.63) is 83.8 Å². The molecule has 1 aromatic heterocycles. The van der Waals surface area contributed by atoms with Crippen molar-refractivity contribution in [3.63, 3.8) is 0 Å². The van der Waals surface area contributed by atoms with Crippen LogP contribution < -0.4 is 21.7 Å². The van der Waals surface area contributed by atoms with Gasteiger partial charge in [0.05, 0.1) is 24.9 Å². The number of para-hydroxylation sites is 1. The van der Waals surface area contributed by atoms with E-state index in [1.165, 1.54) is 6.26 Å². The number of benzene rings is 2. The molecule has 0 aliphatic heterocycles. The van der Waals surface area contributed by atoms with Gasteiger partial charge in [-0.25, -0.2) is 0 Å². The normalized spacial score (nSPS) is 10.2. The van der Waals surface area contributed by atoms with Gasteiger partial charge in [0.25, 0.3) is 11.8 Å². The highest BCUT2D eigenvalue weighted by molar-refractivity contribution is 6.00. The summed E-state index contributed by atoms with van der Waals surface area (Å²) < 4.78 is 5.18. The minimum absolute atomic E-state index is 0.0702. The van der Waals surface area contributed by atoms with Crippen molar-refractivity contribution in [2.45, 2.75) is 6.54 Å². The van der Waals surface area contributed by atoms with E-state index in [-0.39, 0.29) is 24.9 Å². The van der Waals surface area contributed by atoms with Crippen LogP contribution in [0.15, 0.2) is 71.3 Å². The maximum atomic E-state index is 12.3. The van der Waals surface area contributed by atoms with Crippen LogP contribution in [0.5, 0.6) is 0 Å². The van der Waals surface area contributed by atoms with E-state index in [2.05, 4.69) is 16.0 Å². The second-order valence-corrected chi connectivity index (χ2v) is 6.15. The van der Waals surface area contributed by atoms with E-state index in [4.69, 9.17) is 10.2 Å². The number of nitrogens with two attached hydrogens (primary N) is 1. The molecule has 0 unspecified atom stereocenters. The van der Waals surface area contributed by atoms with Crippen LogP contribution in [0, 0.1) is 0 Å². The zero-order chi connectivity index (χ0) is 20.6. The van der Waals surface area contributed by atoms with Gasteiger partial charge in [-0.3, -0.25) is 14.4 Å². The Morgan fingerprint density at radius 3 is 2.55 bits per heavy atom. The zero-order valence-electron chi connectivity index (χ0n) is 15.5. The fraction of sp³-hybridized carbons (Fsp3) is 0.0952. The van der Waals surface area contributed by atoms with E-state index >= 15 is 0 Å². The third-order valence-corrected chi connectivity index (χ3v) is 4.04. The summed E-state index contributed by atoms with van der Waals surface area (Å²) >= 11 is 0. The molecule has 0 radical (unpaired) electrons. The molecule has 148 valence electrons. The molecule has 0 fully saturated rings. The summed E-state index contributed by atoms with van der Waals surface area (Å²) in [5.41, 5.74) is 6.98. The topological polar surface area (TPSA) is 126 Å². The Morgan fingerprint density at radius 2 is 1.79 bits per heavy atom. The van der Waals surface area contributed by atoms with E-state index in [0.29, 0.717) is 28.3 Å². The average molecular weight is 392 g/mol. The molecule has 2 aromatic carbocycles. The molecule has 0 spiro atoms. The molecule has 0 aliphatic rings. The number of nitrogens with one attached hydrogen (secondary N) is 3. The van der Waals surface area contributed by atoms with Gasteiger partial charge in [-0.05, 0) is 42.5 Å². The van der Waals surface area contributed by atoms with Gasteiger partial charge in [-0.2, -0.15) is 0 Å². The first kappa shape index (κ1) is 19.7. The Hall–Kier alpha value is -4.07. The molecule has 0 saturated heterocycles. The lowest BCUT2D eigenvalue weighted by Crippen LogP contribution is -2.24. The van der Waals surface area contributed by atoms with Gasteiger partial charge >= 0.3 is 0 Å². The maximum absolute atomic E-state index is 12.3. The van der Waals surface area contributed by atoms with Crippen LogP contribution in [0.25, 0.3) is 0 Å². The van der Waals surface area contributed by atoms with E-state index in [1.807, 2.05) is 0 Å². The van der Waals surface area contributed by atoms with E-state index in [9.17, 15) is 14.4 Å². The number of amides is 3. The van der Waals surface area contributed by atoms with Gasteiger partial charge in [0, 0.05) is 16.9 Å². The number of carbonyl (C=O) groups excluding carboxylic acids is 3. The van der Waals surface area contributed by atoms with Crippen LogP contribution in [0.1, 0.15) is 26.5 Å². The monoisotopic (exact) mass is 392 g/mol. The highest BCUT2D eigenvalue weighted by Gasteiger charge is 2.10. The first-order chi connectivity index (χ1) is 14.0. The van der Waals surface area contributed by atoms with E-state index in [0.717, 1.165) is 0 Å². The smallest absolute Gasteiger partial charge is 0.251 e. The second kappa shape index (κ2) is 9.23. The summed E-state index contributed by atoms with van der Waals surface area (Å²) in [5.74, 6) is -0.560. The molecule has 8 nitrogen and oxygen atoms in total. The van der Waals surface area contributed by atoms with Gasteiger partial charge < -0.3 is 26.1 Å². The summed E-state index contributed by atoms with van der Waals surface area (Å²) in [6.07, 6.45) is 1.54. The van der Waals surface area contributed by atoms with Crippen molar-refractivity contribution >= 4 is 29.1 Å². The SMILES string of the molecule is NC(=O)c1ccccc1NCC(=O)Nc1cccc(C(=O)NCc2ccco2)c1. The fourth-order valence-electron chi connectivity index (χ4n) is 2.65. The first-order valence-corrected chi connectivity index (χ1v) is 8.86. The van der Waals surface area contributed by atoms with E-state index in [1.54, 1.807) is 60.7 Å². The Balaban J connectivity index is 1.56. The molecule has 5 N–H and O–H groups in total. The van der Waals surface area contributed by atoms with Crippen molar-refractivity contribution in [2.75, 3.05) is 17.2 Å². The lowest BCUT2D eigenvalue weighted by Gasteiger charge is -2.11. The Labute approximate surface area is 167 Å². The summed E-state index contributed by atoms with van der Waals surface area (Å²) in [6.45, 7) is 0.199. The standard InChI is InChI=1S/C21H20N4O4/c22-20(27)17-8-1-2-9-18(17)23-13-19(26)25-15-6-3-5-14(11-15)21(28)24-12-16-7-4-10-29-16/h1-11,23H,12-13H2,(H2,22,27)(H,24,28)(H,25,26). The molecule has 29 heavy (non-hydrogen) atoms. The van der Waals surface area contributed by atoms with Crippen LogP contribution in [0.2, 0.25) is 0 Å². The summed E-state index contributed by atoms with van der Waals surface area (Å²) in [4.78, 5) is 35.9. The highest BCUT2D eigenvalue weighted by atomic mass is 16.3. The Kier molecular flexibility index (Phi) is 6.26. The Bertz CT molecular complexity index is 1020. The minimum atomic E-state index is -0.582. The lowest BCUT2D eigenvalue weighted by molar-refractivity contribution is -0.114. The first-order valence-electron chi connectivity index (χ1n) is 8.86. The third kappa shape index (κ3) is 5.46. The van der Waals surface area contributed by atoms with Gasteiger partial charge in [-0.1, -0.05) is 18.2 Å². The molecule has 3 amide bonds. The van der Waals surface area contributed by atoms with Crippen LogP contribution in [0.3, 0.4) is 0 Å². The van der Waals surface area contributed by atoms with Gasteiger partial charge in [0.2, 0.25) is 5.91 Å². The molecule has 8 heteroatoms. The van der Waals surface area contributed by atoms with Gasteiger partial charge in [0.15, 0.2) is 0 Å². The van der Waals surface area contributed by atoms with Crippen molar-refractivity contribution in [3.8, 4) is 0 Å². The van der Waals surface area contributed by atoms with Crippen LogP contribution >= 0.6 is 0 Å². The third-order valence-electron chi connectivity index (χ3n) is 4.04. The van der Waals surface area contributed by atoms with Crippen molar-refractivity contribution < 1.29 is 18.8 Å². The number of rotatable bonds is 8. The predicted molar refractivity (Wildman–Crippen MR) is 108 cm³/mol. The van der Waals surface area contributed by atoms with Gasteiger partial charge in [-0.15, -0.1) is 0 Å². The highest BCUT2D eigenvalue weighted by Crippen LogP contribution is 2.14. The zero-order valence-corrected chi connectivity index (χ0v) is 15.5. The lowest BCUT2D eigenvalue weighted by atomic mass is 10.1. The number of hydrogen-bond donors (Lipinski definition) is 4.